The highest BCUT2D eigenvalue weighted by Gasteiger charge is 2.24. The molecule has 2 aliphatic heterocycles. The lowest BCUT2D eigenvalue weighted by atomic mass is 10.0. The molecule has 0 amide bonds. The van der Waals surface area contributed by atoms with Gasteiger partial charge in [0.25, 0.3) is 0 Å². The lowest BCUT2D eigenvalue weighted by Crippen LogP contribution is -2.55. The number of hydrogen-bond acceptors (Lipinski definition) is 4. The van der Waals surface area contributed by atoms with Crippen LogP contribution in [0.4, 0.5) is 0 Å². The number of hydrogen-bond donors (Lipinski definition) is 2. The fraction of sp³-hybridized carbons (Fsp3) is 0.952. The third-order valence-corrected chi connectivity index (χ3v) is 6.15. The number of nitrogens with zero attached hydrogens (tertiary/aromatic N) is 4. The average molecular weight is 509 g/mol. The number of aliphatic imine (C=N–C) groups is 1. The number of rotatable bonds is 7. The molecule has 2 fully saturated rings. The van der Waals surface area contributed by atoms with Crippen LogP contribution in [-0.4, -0.2) is 99.2 Å². The Hall–Kier alpha value is -0.120. The average Bonchev–Trinajstić information content (AvgIpc) is 2.91. The van der Waals surface area contributed by atoms with Gasteiger partial charge in [0, 0.05) is 44.8 Å². The number of likely N-dealkylation sites (N-methyl/N-ethyl adjacent to an activating group) is 2. The normalized spacial score (nSPS) is 24.5. The maximum absolute atomic E-state index is 4.99. The molecule has 2 saturated heterocycles. The predicted molar refractivity (Wildman–Crippen MR) is 132 cm³/mol. The zero-order chi connectivity index (χ0) is 19.6. The summed E-state index contributed by atoms with van der Waals surface area (Å²) in [4.78, 5) is 12.6. The van der Waals surface area contributed by atoms with Gasteiger partial charge in [0.15, 0.2) is 5.96 Å². The van der Waals surface area contributed by atoms with E-state index >= 15 is 0 Å². The van der Waals surface area contributed by atoms with Crippen molar-refractivity contribution in [3.05, 3.63) is 0 Å². The van der Waals surface area contributed by atoms with Crippen molar-refractivity contribution in [2.75, 3.05) is 66.5 Å². The highest BCUT2D eigenvalue weighted by atomic mass is 127. The summed E-state index contributed by atoms with van der Waals surface area (Å²) >= 11 is 0. The van der Waals surface area contributed by atoms with Crippen molar-refractivity contribution in [3.63, 3.8) is 0 Å². The Morgan fingerprint density at radius 3 is 2.29 bits per heavy atom. The van der Waals surface area contributed by atoms with E-state index in [-0.39, 0.29) is 24.0 Å². The van der Waals surface area contributed by atoms with Crippen molar-refractivity contribution >= 4 is 29.9 Å². The SMILES string of the molecule is CCNC(=NCC(C(C)C)N1CCCCCC1)NCC1CN(C)CCN1C.I. The van der Waals surface area contributed by atoms with E-state index in [0.717, 1.165) is 45.2 Å². The van der Waals surface area contributed by atoms with Gasteiger partial charge in [-0.1, -0.05) is 26.7 Å². The molecule has 0 bridgehead atoms. The Bertz CT molecular complexity index is 437. The molecule has 2 aliphatic rings. The first-order valence-electron chi connectivity index (χ1n) is 11.2. The molecule has 0 radical (unpaired) electrons. The van der Waals surface area contributed by atoms with Crippen LogP contribution >= 0.6 is 24.0 Å². The fourth-order valence-corrected chi connectivity index (χ4v) is 4.24. The van der Waals surface area contributed by atoms with Gasteiger partial charge < -0.3 is 15.5 Å². The minimum atomic E-state index is 0. The van der Waals surface area contributed by atoms with Gasteiger partial charge in [0.1, 0.15) is 0 Å². The molecule has 2 rings (SSSR count). The van der Waals surface area contributed by atoms with Crippen LogP contribution < -0.4 is 10.6 Å². The summed E-state index contributed by atoms with van der Waals surface area (Å²) in [5.41, 5.74) is 0. The molecule has 0 spiro atoms. The van der Waals surface area contributed by atoms with Gasteiger partial charge >= 0.3 is 0 Å². The third kappa shape index (κ3) is 8.71. The van der Waals surface area contributed by atoms with Crippen LogP contribution in [0.1, 0.15) is 46.5 Å². The summed E-state index contributed by atoms with van der Waals surface area (Å²) in [6.45, 7) is 15.5. The van der Waals surface area contributed by atoms with E-state index in [2.05, 4.69) is 60.2 Å². The van der Waals surface area contributed by atoms with Gasteiger partial charge in [-0.3, -0.25) is 14.8 Å². The zero-order valence-corrected chi connectivity index (χ0v) is 21.2. The van der Waals surface area contributed by atoms with Crippen LogP contribution in [0.25, 0.3) is 0 Å². The van der Waals surface area contributed by atoms with Gasteiger partial charge in [-0.05, 0) is 52.9 Å². The Balaban J connectivity index is 0.00000392. The Kier molecular flexibility index (Phi) is 12.9. The van der Waals surface area contributed by atoms with Crippen LogP contribution in [-0.2, 0) is 0 Å². The van der Waals surface area contributed by atoms with E-state index in [1.54, 1.807) is 0 Å². The van der Waals surface area contributed by atoms with Crippen molar-refractivity contribution in [2.45, 2.75) is 58.5 Å². The second-order valence-electron chi connectivity index (χ2n) is 8.76. The molecule has 2 unspecified atom stereocenters. The molecule has 7 heteroatoms. The largest absolute Gasteiger partial charge is 0.357 e. The number of halogens is 1. The Morgan fingerprint density at radius 2 is 1.68 bits per heavy atom. The van der Waals surface area contributed by atoms with Gasteiger partial charge in [-0.2, -0.15) is 0 Å². The van der Waals surface area contributed by atoms with Crippen molar-refractivity contribution in [1.82, 2.24) is 25.3 Å². The minimum Gasteiger partial charge on any atom is -0.357 e. The molecule has 0 saturated carbocycles. The van der Waals surface area contributed by atoms with Crippen LogP contribution in [0.5, 0.6) is 0 Å². The summed E-state index contributed by atoms with van der Waals surface area (Å²) in [6, 6.07) is 1.08. The van der Waals surface area contributed by atoms with Crippen molar-refractivity contribution in [2.24, 2.45) is 10.9 Å². The lowest BCUT2D eigenvalue weighted by Gasteiger charge is -2.38. The van der Waals surface area contributed by atoms with E-state index in [0.29, 0.717) is 18.0 Å². The summed E-state index contributed by atoms with van der Waals surface area (Å²) in [5.74, 6) is 1.60. The zero-order valence-electron chi connectivity index (χ0n) is 18.9. The van der Waals surface area contributed by atoms with Gasteiger partial charge in [0.2, 0.25) is 0 Å². The summed E-state index contributed by atoms with van der Waals surface area (Å²) in [6.07, 6.45) is 5.45. The summed E-state index contributed by atoms with van der Waals surface area (Å²) in [5, 5.41) is 7.05. The molecule has 166 valence electrons. The van der Waals surface area contributed by atoms with Crippen LogP contribution in [0, 0.1) is 5.92 Å². The lowest BCUT2D eigenvalue weighted by molar-refractivity contribution is 0.116. The molecule has 2 atom stereocenters. The van der Waals surface area contributed by atoms with Crippen LogP contribution in [0.2, 0.25) is 0 Å². The van der Waals surface area contributed by atoms with E-state index in [4.69, 9.17) is 4.99 Å². The second kappa shape index (κ2) is 14.0. The topological polar surface area (TPSA) is 46.1 Å². The van der Waals surface area contributed by atoms with Gasteiger partial charge in [-0.15, -0.1) is 24.0 Å². The second-order valence-corrected chi connectivity index (χ2v) is 8.76. The molecular formula is C21H45IN6. The smallest absolute Gasteiger partial charge is 0.191 e. The van der Waals surface area contributed by atoms with Crippen molar-refractivity contribution < 1.29 is 0 Å². The van der Waals surface area contributed by atoms with Crippen LogP contribution in [0.3, 0.4) is 0 Å². The van der Waals surface area contributed by atoms with E-state index in [1.807, 2.05) is 0 Å². The van der Waals surface area contributed by atoms with E-state index < -0.39 is 0 Å². The minimum absolute atomic E-state index is 0. The molecule has 0 aliphatic carbocycles. The molecule has 28 heavy (non-hydrogen) atoms. The number of nitrogens with one attached hydrogen (secondary N) is 2. The predicted octanol–water partition coefficient (Wildman–Crippen LogP) is 2.31. The maximum atomic E-state index is 4.99. The van der Waals surface area contributed by atoms with Gasteiger partial charge in [-0.25, -0.2) is 0 Å². The molecule has 2 heterocycles. The first-order chi connectivity index (χ1) is 13.0. The Labute approximate surface area is 190 Å². The number of piperazine rings is 1. The maximum Gasteiger partial charge on any atom is 0.191 e. The van der Waals surface area contributed by atoms with E-state index in [9.17, 15) is 0 Å². The standard InChI is InChI=1S/C21H44N6.HI/c1-6-22-21(23-15-19-17-25(4)13-14-26(19)5)24-16-20(18(2)3)27-11-9-7-8-10-12-27;/h18-20H,6-17H2,1-5H3,(H2,22,23,24);1H. The first-order valence-corrected chi connectivity index (χ1v) is 11.2. The van der Waals surface area contributed by atoms with Gasteiger partial charge in [0.05, 0.1) is 6.54 Å². The third-order valence-electron chi connectivity index (χ3n) is 6.15. The molecule has 0 aromatic rings. The number of likely N-dealkylation sites (tertiary alicyclic amines) is 1. The molecule has 2 N–H and O–H groups in total. The monoisotopic (exact) mass is 508 g/mol. The molecule has 0 aromatic carbocycles. The quantitative estimate of drug-likeness (QED) is 0.314. The number of guanidine groups is 1. The van der Waals surface area contributed by atoms with Crippen molar-refractivity contribution in [3.8, 4) is 0 Å². The first kappa shape index (κ1) is 25.9. The molecule has 0 aromatic heterocycles. The summed E-state index contributed by atoms with van der Waals surface area (Å²) < 4.78 is 0. The molecular weight excluding hydrogens is 463 g/mol. The van der Waals surface area contributed by atoms with Crippen LogP contribution in [0.15, 0.2) is 4.99 Å². The Morgan fingerprint density at radius 1 is 1.00 bits per heavy atom. The summed E-state index contributed by atoms with van der Waals surface area (Å²) in [7, 11) is 4.45. The van der Waals surface area contributed by atoms with E-state index in [1.165, 1.54) is 38.8 Å². The highest BCUT2D eigenvalue weighted by molar-refractivity contribution is 14.0. The highest BCUT2D eigenvalue weighted by Crippen LogP contribution is 2.17. The molecule has 6 nitrogen and oxygen atoms in total. The van der Waals surface area contributed by atoms with Crippen molar-refractivity contribution in [1.29, 1.82) is 0 Å². The fourth-order valence-electron chi connectivity index (χ4n) is 4.24.